The molecule has 10 heteroatoms. The summed E-state index contributed by atoms with van der Waals surface area (Å²) in [6, 6.07) is 3.06. The molecule has 1 aliphatic heterocycles. The second kappa shape index (κ2) is 9.09. The van der Waals surface area contributed by atoms with Gasteiger partial charge in [0.25, 0.3) is 0 Å². The monoisotopic (exact) mass is 410 g/mol. The zero-order valence-corrected chi connectivity index (χ0v) is 16.1. The normalized spacial score (nSPS) is 17.2. The number of halogens is 3. The summed E-state index contributed by atoms with van der Waals surface area (Å²) in [5.74, 6) is -0.915. The van der Waals surface area contributed by atoms with Gasteiger partial charge in [-0.2, -0.15) is 13.2 Å². The number of hydrogen-bond donors (Lipinski definition) is 0. The lowest BCUT2D eigenvalue weighted by Crippen LogP contribution is -2.46. The fourth-order valence-electron chi connectivity index (χ4n) is 3.11. The number of alkyl halides is 3. The summed E-state index contributed by atoms with van der Waals surface area (Å²) in [7, 11) is -3.37. The molecule has 6 nitrogen and oxygen atoms in total. The number of hydrogen-bond acceptors (Lipinski definition) is 4. The molecule has 0 saturated carbocycles. The minimum Gasteiger partial charge on any atom is -0.467 e. The van der Waals surface area contributed by atoms with Gasteiger partial charge in [0.15, 0.2) is 0 Å². The number of piperidine rings is 1. The third kappa shape index (κ3) is 6.53. The number of furan rings is 1. The third-order valence-electron chi connectivity index (χ3n) is 4.56. The summed E-state index contributed by atoms with van der Waals surface area (Å²) in [5.41, 5.74) is 0. The van der Waals surface area contributed by atoms with E-state index in [1.807, 2.05) is 6.92 Å². The van der Waals surface area contributed by atoms with Crippen LogP contribution in [0.5, 0.6) is 0 Å². The van der Waals surface area contributed by atoms with E-state index in [9.17, 15) is 26.4 Å². The number of nitrogens with zero attached hydrogens (tertiary/aromatic N) is 2. The van der Waals surface area contributed by atoms with Gasteiger partial charge in [-0.1, -0.05) is 13.3 Å². The van der Waals surface area contributed by atoms with E-state index in [1.165, 1.54) is 16.6 Å². The Balaban J connectivity index is 2.00. The number of unbranched alkanes of at least 4 members (excludes halogenated alkanes) is 1. The first kappa shape index (κ1) is 21.7. The molecule has 0 atom stereocenters. The van der Waals surface area contributed by atoms with E-state index in [4.69, 9.17) is 4.42 Å². The molecule has 1 fully saturated rings. The van der Waals surface area contributed by atoms with Crippen LogP contribution in [0.2, 0.25) is 0 Å². The van der Waals surface area contributed by atoms with Crippen molar-refractivity contribution in [3.63, 3.8) is 0 Å². The van der Waals surface area contributed by atoms with Crippen LogP contribution in [-0.2, 0) is 21.4 Å². The summed E-state index contributed by atoms with van der Waals surface area (Å²) in [4.78, 5) is 13.4. The topological polar surface area (TPSA) is 70.8 Å². The molecule has 0 spiro atoms. The maximum Gasteiger partial charge on any atom is 0.406 e. The van der Waals surface area contributed by atoms with E-state index in [-0.39, 0.29) is 44.0 Å². The highest BCUT2D eigenvalue weighted by Gasteiger charge is 2.38. The first-order valence-corrected chi connectivity index (χ1v) is 10.6. The fourth-order valence-corrected chi connectivity index (χ4v) is 4.79. The number of carbonyl (C=O) groups is 1. The Hall–Kier alpha value is -1.55. The lowest BCUT2D eigenvalue weighted by molar-refractivity contribution is -0.166. The van der Waals surface area contributed by atoms with Gasteiger partial charge in [-0.05, 0) is 31.4 Å². The Morgan fingerprint density at radius 1 is 1.33 bits per heavy atom. The molecular formula is C17H25F3N2O4S. The summed E-state index contributed by atoms with van der Waals surface area (Å²) in [6.07, 6.45) is -1.43. The van der Waals surface area contributed by atoms with Gasteiger partial charge in [0.1, 0.15) is 12.3 Å². The summed E-state index contributed by atoms with van der Waals surface area (Å²) < 4.78 is 69.5. The summed E-state index contributed by atoms with van der Waals surface area (Å²) in [6.45, 7) is 0.586. The molecule has 1 amide bonds. The van der Waals surface area contributed by atoms with Crippen LogP contribution in [0.15, 0.2) is 22.8 Å². The van der Waals surface area contributed by atoms with Crippen LogP contribution in [0, 0.1) is 5.92 Å². The van der Waals surface area contributed by atoms with Crippen LogP contribution in [-0.4, -0.2) is 55.1 Å². The second-order valence-corrected chi connectivity index (χ2v) is 8.82. The van der Waals surface area contributed by atoms with Gasteiger partial charge in [0, 0.05) is 19.0 Å². The van der Waals surface area contributed by atoms with Crippen molar-refractivity contribution in [3.05, 3.63) is 24.2 Å². The number of amides is 1. The standard InChI is InChI=1S/C17H25F3N2O4S/c1-2-3-11-27(24,25)22-8-6-14(7-9-22)16(23)21(13-17(18,19)20)12-15-5-4-10-26-15/h4-5,10,14H,2-3,6-9,11-13H2,1H3. The van der Waals surface area contributed by atoms with Gasteiger partial charge in [-0.25, -0.2) is 12.7 Å². The summed E-state index contributed by atoms with van der Waals surface area (Å²) >= 11 is 0. The van der Waals surface area contributed by atoms with Crippen molar-refractivity contribution >= 4 is 15.9 Å². The number of carbonyl (C=O) groups excluding carboxylic acids is 1. The smallest absolute Gasteiger partial charge is 0.406 e. The van der Waals surface area contributed by atoms with Gasteiger partial charge >= 0.3 is 6.18 Å². The molecule has 2 rings (SSSR count). The Morgan fingerprint density at radius 2 is 2.00 bits per heavy atom. The summed E-state index contributed by atoms with van der Waals surface area (Å²) in [5, 5.41) is 0. The Morgan fingerprint density at radius 3 is 2.52 bits per heavy atom. The van der Waals surface area contributed by atoms with Crippen LogP contribution in [0.4, 0.5) is 13.2 Å². The lowest BCUT2D eigenvalue weighted by atomic mass is 9.96. The average Bonchev–Trinajstić information content (AvgIpc) is 3.11. The quantitative estimate of drug-likeness (QED) is 0.661. The van der Waals surface area contributed by atoms with Crippen molar-refractivity contribution in [2.24, 2.45) is 5.92 Å². The van der Waals surface area contributed by atoms with Crippen LogP contribution in [0.1, 0.15) is 38.4 Å². The van der Waals surface area contributed by atoms with Crippen molar-refractivity contribution in [2.75, 3.05) is 25.4 Å². The average molecular weight is 410 g/mol. The zero-order chi connectivity index (χ0) is 20.1. The van der Waals surface area contributed by atoms with E-state index in [0.717, 1.165) is 11.3 Å². The van der Waals surface area contributed by atoms with E-state index < -0.39 is 34.6 Å². The van der Waals surface area contributed by atoms with Crippen LogP contribution in [0.25, 0.3) is 0 Å². The molecule has 1 saturated heterocycles. The van der Waals surface area contributed by atoms with E-state index in [1.54, 1.807) is 6.07 Å². The molecule has 0 aliphatic carbocycles. The van der Waals surface area contributed by atoms with Gasteiger partial charge < -0.3 is 9.32 Å². The van der Waals surface area contributed by atoms with E-state index in [2.05, 4.69) is 0 Å². The number of sulfonamides is 1. The molecule has 154 valence electrons. The van der Waals surface area contributed by atoms with E-state index in [0.29, 0.717) is 6.42 Å². The van der Waals surface area contributed by atoms with Crippen molar-refractivity contribution in [2.45, 2.75) is 45.3 Å². The largest absolute Gasteiger partial charge is 0.467 e. The van der Waals surface area contributed by atoms with Crippen molar-refractivity contribution in [1.82, 2.24) is 9.21 Å². The molecule has 27 heavy (non-hydrogen) atoms. The minimum atomic E-state index is -4.52. The molecule has 0 unspecified atom stereocenters. The first-order chi connectivity index (χ1) is 12.6. The predicted octanol–water partition coefficient (Wildman–Crippen LogP) is 3.01. The Bertz CT molecular complexity index is 696. The molecule has 0 bridgehead atoms. The van der Waals surface area contributed by atoms with Crippen LogP contribution < -0.4 is 0 Å². The molecule has 0 aromatic carbocycles. The van der Waals surface area contributed by atoms with E-state index >= 15 is 0 Å². The minimum absolute atomic E-state index is 0.0564. The highest BCUT2D eigenvalue weighted by Crippen LogP contribution is 2.26. The predicted molar refractivity (Wildman–Crippen MR) is 93.2 cm³/mol. The molecule has 1 aromatic heterocycles. The SMILES string of the molecule is CCCCS(=O)(=O)N1CCC(C(=O)N(Cc2ccco2)CC(F)(F)F)CC1. The first-order valence-electron chi connectivity index (χ1n) is 8.98. The lowest BCUT2D eigenvalue weighted by Gasteiger charge is -2.33. The number of rotatable bonds is 8. The third-order valence-corrected chi connectivity index (χ3v) is 6.52. The van der Waals surface area contributed by atoms with Gasteiger partial charge in [0.2, 0.25) is 15.9 Å². The second-order valence-electron chi connectivity index (χ2n) is 6.73. The maximum atomic E-state index is 12.9. The van der Waals surface area contributed by atoms with Crippen molar-refractivity contribution in [3.8, 4) is 0 Å². The Kier molecular flexibility index (Phi) is 7.32. The molecule has 1 aliphatic rings. The molecular weight excluding hydrogens is 385 g/mol. The molecule has 0 radical (unpaired) electrons. The highest BCUT2D eigenvalue weighted by molar-refractivity contribution is 7.89. The molecule has 2 heterocycles. The van der Waals surface area contributed by atoms with Crippen LogP contribution in [0.3, 0.4) is 0 Å². The highest BCUT2D eigenvalue weighted by atomic mass is 32.2. The zero-order valence-electron chi connectivity index (χ0n) is 15.2. The van der Waals surface area contributed by atoms with Crippen LogP contribution >= 0.6 is 0 Å². The van der Waals surface area contributed by atoms with Gasteiger partial charge in [-0.3, -0.25) is 4.79 Å². The molecule has 0 N–H and O–H groups in total. The Labute approximate surface area is 157 Å². The van der Waals surface area contributed by atoms with Gasteiger partial charge in [0.05, 0.1) is 18.6 Å². The maximum absolute atomic E-state index is 12.9. The molecule has 1 aromatic rings. The van der Waals surface area contributed by atoms with Crippen molar-refractivity contribution in [1.29, 1.82) is 0 Å². The van der Waals surface area contributed by atoms with Gasteiger partial charge in [-0.15, -0.1) is 0 Å². The van der Waals surface area contributed by atoms with Crippen molar-refractivity contribution < 1.29 is 30.8 Å². The fraction of sp³-hybridized carbons (Fsp3) is 0.706.